The molecule has 1 aromatic rings. The summed E-state index contributed by atoms with van der Waals surface area (Å²) in [5.74, 6) is 0.00609. The molecule has 1 aromatic carbocycles. The average molecular weight is 291 g/mol. The third-order valence-electron chi connectivity index (χ3n) is 4.03. The summed E-state index contributed by atoms with van der Waals surface area (Å²) >= 11 is 0. The summed E-state index contributed by atoms with van der Waals surface area (Å²) in [7, 11) is 3.72. The molecule has 21 heavy (non-hydrogen) atoms. The predicted octanol–water partition coefficient (Wildman–Crippen LogP) is 2.09. The number of nitrogens with two attached hydrogens (primary N) is 1. The van der Waals surface area contributed by atoms with Crippen LogP contribution in [0.2, 0.25) is 0 Å². The predicted molar refractivity (Wildman–Crippen MR) is 88.0 cm³/mol. The lowest BCUT2D eigenvalue weighted by Gasteiger charge is -2.34. The highest BCUT2D eigenvalue weighted by atomic mass is 16.1. The van der Waals surface area contributed by atoms with Crippen LogP contribution in [0.4, 0.5) is 0 Å². The van der Waals surface area contributed by atoms with Gasteiger partial charge in [-0.3, -0.25) is 9.69 Å². The van der Waals surface area contributed by atoms with E-state index in [0.29, 0.717) is 6.54 Å². The van der Waals surface area contributed by atoms with E-state index in [1.54, 1.807) is 7.05 Å². The Balaban J connectivity index is 2.92. The van der Waals surface area contributed by atoms with Gasteiger partial charge in [-0.05, 0) is 26.0 Å². The smallest absolute Gasteiger partial charge is 0.223 e. The number of rotatable bonds is 7. The highest BCUT2D eigenvalue weighted by molar-refractivity contribution is 5.78. The van der Waals surface area contributed by atoms with Crippen LogP contribution in [-0.4, -0.2) is 37.5 Å². The van der Waals surface area contributed by atoms with Crippen molar-refractivity contribution in [1.29, 1.82) is 0 Å². The van der Waals surface area contributed by atoms with Crippen LogP contribution in [0.25, 0.3) is 0 Å². The van der Waals surface area contributed by atoms with Gasteiger partial charge in [0, 0.05) is 31.6 Å². The number of carbonyl (C=O) groups is 1. The molecule has 3 atom stereocenters. The first-order chi connectivity index (χ1) is 9.90. The molecule has 0 fully saturated rings. The Morgan fingerprint density at radius 3 is 2.38 bits per heavy atom. The lowest BCUT2D eigenvalue weighted by molar-refractivity contribution is -0.124. The van der Waals surface area contributed by atoms with E-state index in [1.807, 2.05) is 14.0 Å². The average Bonchev–Trinajstić information content (AvgIpc) is 2.48. The Morgan fingerprint density at radius 1 is 1.33 bits per heavy atom. The standard InChI is InChI=1S/C17H29N3O/c1-6-15(18)16(14-9-7-12(2)8-10-14)20(5)11-13(3)17(21)19-4/h7-10,13,15-16H,6,11,18H2,1-5H3,(H,19,21). The minimum atomic E-state index is -0.0583. The van der Waals surface area contributed by atoms with E-state index in [9.17, 15) is 4.79 Å². The van der Waals surface area contributed by atoms with E-state index in [0.717, 1.165) is 6.42 Å². The van der Waals surface area contributed by atoms with E-state index in [-0.39, 0.29) is 23.9 Å². The number of nitrogens with one attached hydrogen (secondary N) is 1. The van der Waals surface area contributed by atoms with Crippen molar-refractivity contribution in [2.45, 2.75) is 39.3 Å². The molecule has 0 aliphatic heterocycles. The normalized spacial score (nSPS) is 15.6. The zero-order valence-corrected chi connectivity index (χ0v) is 13.9. The molecule has 3 N–H and O–H groups in total. The highest BCUT2D eigenvalue weighted by Crippen LogP contribution is 2.25. The van der Waals surface area contributed by atoms with Crippen molar-refractivity contribution >= 4 is 5.91 Å². The SMILES string of the molecule is CCC(N)C(c1ccc(C)cc1)N(C)CC(C)C(=O)NC. The summed E-state index contributed by atoms with van der Waals surface area (Å²) in [5.41, 5.74) is 8.78. The van der Waals surface area contributed by atoms with E-state index in [1.165, 1.54) is 11.1 Å². The van der Waals surface area contributed by atoms with Gasteiger partial charge in [-0.2, -0.15) is 0 Å². The van der Waals surface area contributed by atoms with Gasteiger partial charge in [-0.25, -0.2) is 0 Å². The topological polar surface area (TPSA) is 58.4 Å². The fraction of sp³-hybridized carbons (Fsp3) is 0.588. The molecular weight excluding hydrogens is 262 g/mol. The Labute approximate surface area is 128 Å². The second kappa shape index (κ2) is 8.15. The van der Waals surface area contributed by atoms with Crippen LogP contribution < -0.4 is 11.1 Å². The summed E-state index contributed by atoms with van der Waals surface area (Å²) in [4.78, 5) is 13.9. The maximum atomic E-state index is 11.7. The van der Waals surface area contributed by atoms with Crippen LogP contribution in [0.1, 0.15) is 37.4 Å². The molecule has 0 saturated heterocycles. The molecule has 0 aromatic heterocycles. The molecule has 1 amide bonds. The van der Waals surface area contributed by atoms with E-state index in [2.05, 4.69) is 48.3 Å². The number of nitrogens with zero attached hydrogens (tertiary/aromatic N) is 1. The molecular formula is C17H29N3O. The van der Waals surface area contributed by atoms with Gasteiger partial charge in [0.05, 0.1) is 0 Å². The molecule has 0 radical (unpaired) electrons. The van der Waals surface area contributed by atoms with Crippen molar-refractivity contribution < 1.29 is 4.79 Å². The van der Waals surface area contributed by atoms with Gasteiger partial charge in [0.2, 0.25) is 5.91 Å². The lowest BCUT2D eigenvalue weighted by Crippen LogP contribution is -2.42. The highest BCUT2D eigenvalue weighted by Gasteiger charge is 2.25. The summed E-state index contributed by atoms with van der Waals surface area (Å²) in [5, 5.41) is 2.70. The first kappa shape index (κ1) is 17.7. The lowest BCUT2D eigenvalue weighted by atomic mass is 9.95. The Bertz CT molecular complexity index is 444. The van der Waals surface area contributed by atoms with E-state index < -0.39 is 0 Å². The van der Waals surface area contributed by atoms with Crippen LogP contribution in [0.3, 0.4) is 0 Å². The van der Waals surface area contributed by atoms with Gasteiger partial charge in [0.25, 0.3) is 0 Å². The van der Waals surface area contributed by atoms with Gasteiger partial charge in [0.15, 0.2) is 0 Å². The molecule has 0 saturated carbocycles. The van der Waals surface area contributed by atoms with Crippen LogP contribution in [0.5, 0.6) is 0 Å². The summed E-state index contributed by atoms with van der Waals surface area (Å²) < 4.78 is 0. The molecule has 0 bridgehead atoms. The summed E-state index contributed by atoms with van der Waals surface area (Å²) in [6.45, 7) is 6.81. The maximum absolute atomic E-state index is 11.7. The van der Waals surface area contributed by atoms with Crippen molar-refractivity contribution in [1.82, 2.24) is 10.2 Å². The van der Waals surface area contributed by atoms with Crippen LogP contribution in [-0.2, 0) is 4.79 Å². The maximum Gasteiger partial charge on any atom is 0.223 e. The van der Waals surface area contributed by atoms with Crippen molar-refractivity contribution in [2.75, 3.05) is 20.6 Å². The fourth-order valence-corrected chi connectivity index (χ4v) is 2.69. The minimum absolute atomic E-state index is 0.0505. The summed E-state index contributed by atoms with van der Waals surface area (Å²) in [6.07, 6.45) is 0.900. The zero-order valence-electron chi connectivity index (χ0n) is 13.9. The fourth-order valence-electron chi connectivity index (χ4n) is 2.69. The van der Waals surface area contributed by atoms with Crippen LogP contribution in [0, 0.1) is 12.8 Å². The molecule has 1 rings (SSSR count). The number of aryl methyl sites for hydroxylation is 1. The van der Waals surface area contributed by atoms with Crippen LogP contribution >= 0.6 is 0 Å². The van der Waals surface area contributed by atoms with Crippen molar-refractivity contribution in [3.63, 3.8) is 0 Å². The van der Waals surface area contributed by atoms with E-state index >= 15 is 0 Å². The Kier molecular flexibility index (Phi) is 6.85. The van der Waals surface area contributed by atoms with Crippen molar-refractivity contribution in [2.24, 2.45) is 11.7 Å². The summed E-state index contributed by atoms with van der Waals surface area (Å²) in [6, 6.07) is 8.67. The van der Waals surface area contributed by atoms with Gasteiger partial charge in [-0.1, -0.05) is 43.7 Å². The second-order valence-electron chi connectivity index (χ2n) is 5.88. The number of likely N-dealkylation sites (N-methyl/N-ethyl adjacent to an activating group) is 1. The monoisotopic (exact) mass is 291 g/mol. The number of hydrogen-bond acceptors (Lipinski definition) is 3. The first-order valence-corrected chi connectivity index (χ1v) is 7.64. The number of hydrogen-bond donors (Lipinski definition) is 2. The zero-order chi connectivity index (χ0) is 16.0. The van der Waals surface area contributed by atoms with Crippen molar-refractivity contribution in [3.05, 3.63) is 35.4 Å². The van der Waals surface area contributed by atoms with Gasteiger partial charge in [0.1, 0.15) is 0 Å². The molecule has 0 aliphatic rings. The number of carbonyl (C=O) groups excluding carboxylic acids is 1. The minimum Gasteiger partial charge on any atom is -0.359 e. The first-order valence-electron chi connectivity index (χ1n) is 7.64. The Hall–Kier alpha value is -1.39. The van der Waals surface area contributed by atoms with Crippen molar-refractivity contribution in [3.8, 4) is 0 Å². The molecule has 0 heterocycles. The van der Waals surface area contributed by atoms with E-state index in [4.69, 9.17) is 5.73 Å². The third-order valence-corrected chi connectivity index (χ3v) is 4.03. The second-order valence-corrected chi connectivity index (χ2v) is 5.88. The molecule has 3 unspecified atom stereocenters. The molecule has 0 spiro atoms. The number of benzene rings is 1. The molecule has 4 heteroatoms. The van der Waals surface area contributed by atoms with Crippen LogP contribution in [0.15, 0.2) is 24.3 Å². The largest absolute Gasteiger partial charge is 0.359 e. The van der Waals surface area contributed by atoms with Gasteiger partial charge < -0.3 is 11.1 Å². The molecule has 0 aliphatic carbocycles. The Morgan fingerprint density at radius 2 is 1.90 bits per heavy atom. The van der Waals surface area contributed by atoms with Gasteiger partial charge in [-0.15, -0.1) is 0 Å². The van der Waals surface area contributed by atoms with Gasteiger partial charge >= 0.3 is 0 Å². The molecule has 118 valence electrons. The third kappa shape index (κ3) is 4.83. The quantitative estimate of drug-likeness (QED) is 0.809. The molecule has 4 nitrogen and oxygen atoms in total. The number of amides is 1.